The van der Waals surface area contributed by atoms with Gasteiger partial charge in [0.1, 0.15) is 11.4 Å². The lowest BCUT2D eigenvalue weighted by Gasteiger charge is -2.04. The molecule has 0 aromatic heterocycles. The van der Waals surface area contributed by atoms with Crippen molar-refractivity contribution in [1.82, 2.24) is 14.8 Å². The lowest BCUT2D eigenvalue weighted by Crippen LogP contribution is -2.14. The fourth-order valence-electron chi connectivity index (χ4n) is 2.74. The highest BCUT2D eigenvalue weighted by Crippen LogP contribution is 2.26. The molecular weight excluding hydrogens is 318 g/mol. The van der Waals surface area contributed by atoms with E-state index < -0.39 is 0 Å². The smallest absolute Gasteiger partial charge is 0.310 e. The Morgan fingerprint density at radius 1 is 1.16 bits per heavy atom. The molecule has 0 spiro atoms. The number of rotatable bonds is 3. The van der Waals surface area contributed by atoms with Crippen LogP contribution in [0.2, 0.25) is 0 Å². The number of carbonyl (C=O) groups excluding carboxylic acids is 1. The molecule has 0 fully saturated rings. The second kappa shape index (κ2) is 5.90. The zero-order valence-corrected chi connectivity index (χ0v) is 13.5. The number of benzene rings is 2. The van der Waals surface area contributed by atoms with Crippen molar-refractivity contribution in [1.29, 1.82) is 0 Å². The number of hydrogen-bond donors (Lipinski definition) is 1. The number of nitrogens with one attached hydrogen (secondary N) is 1. The summed E-state index contributed by atoms with van der Waals surface area (Å²) in [5.41, 5.74) is 2.51. The molecule has 6 nitrogen and oxygen atoms in total. The molecule has 0 bridgehead atoms. The van der Waals surface area contributed by atoms with E-state index in [9.17, 15) is 9.59 Å². The predicted molar refractivity (Wildman–Crippen MR) is 94.2 cm³/mol. The van der Waals surface area contributed by atoms with Crippen LogP contribution in [-0.2, 0) is 4.79 Å². The summed E-state index contributed by atoms with van der Waals surface area (Å²) in [5, 5.41) is 5.39. The van der Waals surface area contributed by atoms with Gasteiger partial charge in [0.25, 0.3) is 5.56 Å². The van der Waals surface area contributed by atoms with Gasteiger partial charge < -0.3 is 9.72 Å². The maximum Gasteiger partial charge on any atom is 0.310 e. The number of carbonyl (C=O) groups is 1. The van der Waals surface area contributed by atoms with E-state index in [2.05, 4.69) is 10.1 Å². The largest absolute Gasteiger partial charge is 0.427 e. The minimum absolute atomic E-state index is 0.199. The quantitative estimate of drug-likeness (QED) is 0.461. The summed E-state index contributed by atoms with van der Waals surface area (Å²) < 4.78 is 6.51. The number of esters is 1. The maximum atomic E-state index is 12.7. The van der Waals surface area contributed by atoms with E-state index in [-0.39, 0.29) is 11.5 Å². The third kappa shape index (κ3) is 2.57. The summed E-state index contributed by atoms with van der Waals surface area (Å²) in [6, 6.07) is 14.4. The van der Waals surface area contributed by atoms with Gasteiger partial charge in [0.05, 0.1) is 11.3 Å². The monoisotopic (exact) mass is 333 g/mol. The molecule has 0 saturated heterocycles. The average Bonchev–Trinajstić information content (AvgIpc) is 2.99. The van der Waals surface area contributed by atoms with Crippen molar-refractivity contribution in [2.24, 2.45) is 0 Å². The van der Waals surface area contributed by atoms with Gasteiger partial charge >= 0.3 is 5.97 Å². The summed E-state index contributed by atoms with van der Waals surface area (Å²) in [6.07, 6.45) is 1.99. The molecule has 124 valence electrons. The van der Waals surface area contributed by atoms with Gasteiger partial charge in [-0.05, 0) is 30.3 Å². The van der Waals surface area contributed by atoms with Gasteiger partial charge in [0.2, 0.25) is 0 Å². The Morgan fingerprint density at radius 2 is 1.92 bits per heavy atom. The van der Waals surface area contributed by atoms with E-state index in [4.69, 9.17) is 4.74 Å². The van der Waals surface area contributed by atoms with Gasteiger partial charge in [-0.15, -0.1) is 0 Å². The number of ether oxygens (including phenoxy) is 1. The van der Waals surface area contributed by atoms with Crippen LogP contribution in [0.25, 0.3) is 27.8 Å². The zero-order valence-electron chi connectivity index (χ0n) is 13.5. The van der Waals surface area contributed by atoms with Crippen LogP contribution < -0.4 is 10.3 Å². The number of aromatic nitrogens is 3. The molecule has 2 aromatic rings. The minimum Gasteiger partial charge on any atom is -0.427 e. The molecular formula is C19H15N3O3. The van der Waals surface area contributed by atoms with Crippen molar-refractivity contribution in [2.75, 3.05) is 0 Å². The first kappa shape index (κ1) is 15.1. The number of hydrogen-bond acceptors (Lipinski definition) is 4. The summed E-state index contributed by atoms with van der Waals surface area (Å²) >= 11 is 0. The molecule has 0 aliphatic carbocycles. The Bertz CT molecular complexity index is 1090. The molecule has 2 aromatic carbocycles. The number of para-hydroxylation sites is 1. The summed E-state index contributed by atoms with van der Waals surface area (Å²) in [7, 11) is 0. The molecule has 25 heavy (non-hydrogen) atoms. The Balaban J connectivity index is 1.80. The fourth-order valence-corrected chi connectivity index (χ4v) is 2.74. The second-order valence-electron chi connectivity index (χ2n) is 5.64. The van der Waals surface area contributed by atoms with Crippen molar-refractivity contribution < 1.29 is 9.53 Å². The average molecular weight is 333 g/mol. The first-order valence-corrected chi connectivity index (χ1v) is 7.97. The Labute approximate surface area is 143 Å². The Kier molecular flexibility index (Phi) is 3.57. The third-order valence-electron chi connectivity index (χ3n) is 4.03. The van der Waals surface area contributed by atoms with Crippen LogP contribution in [0, 0.1) is 0 Å². The standard InChI is InChI=1S/C19H15N3O3/c1-2-17(23)25-13-9-7-12(8-10-13)22-19(24)15-11-20-16-6-4-3-5-14(16)18(15)21-22/h3-11,20H,2H2,1H3. The molecule has 2 aliphatic rings. The molecule has 0 atom stereocenters. The van der Waals surface area contributed by atoms with Crippen LogP contribution in [0.5, 0.6) is 5.75 Å². The van der Waals surface area contributed by atoms with E-state index in [1.165, 1.54) is 4.68 Å². The van der Waals surface area contributed by atoms with Gasteiger partial charge in [0, 0.05) is 23.5 Å². The molecule has 0 unspecified atom stereocenters. The predicted octanol–water partition coefficient (Wildman–Crippen LogP) is 3.13. The fraction of sp³-hybridized carbons (Fsp3) is 0.105. The molecule has 0 amide bonds. The topological polar surface area (TPSA) is 77.0 Å². The molecule has 0 saturated carbocycles. The van der Waals surface area contributed by atoms with Crippen LogP contribution in [0.15, 0.2) is 59.5 Å². The number of fused-ring (bicyclic) bond motifs is 3. The highest BCUT2D eigenvalue weighted by Gasteiger charge is 2.18. The van der Waals surface area contributed by atoms with Crippen LogP contribution >= 0.6 is 0 Å². The summed E-state index contributed by atoms with van der Waals surface area (Å²) in [4.78, 5) is 27.1. The Hall–Kier alpha value is -3.41. The van der Waals surface area contributed by atoms with Gasteiger partial charge in [-0.1, -0.05) is 25.1 Å². The Morgan fingerprint density at radius 3 is 2.68 bits per heavy atom. The van der Waals surface area contributed by atoms with Crippen molar-refractivity contribution >= 4 is 16.9 Å². The molecule has 6 heteroatoms. The van der Waals surface area contributed by atoms with Crippen molar-refractivity contribution in [3.63, 3.8) is 0 Å². The highest BCUT2D eigenvalue weighted by atomic mass is 16.5. The highest BCUT2D eigenvalue weighted by molar-refractivity contribution is 5.93. The summed E-state index contributed by atoms with van der Waals surface area (Å²) in [6.45, 7) is 1.73. The lowest BCUT2D eigenvalue weighted by molar-refractivity contribution is -0.134. The summed E-state index contributed by atoms with van der Waals surface area (Å²) in [5.74, 6) is 0.141. The van der Waals surface area contributed by atoms with Crippen LogP contribution in [0.4, 0.5) is 0 Å². The number of nitrogens with zero attached hydrogens (tertiary/aromatic N) is 2. The minimum atomic E-state index is -0.302. The first-order chi connectivity index (χ1) is 12.2. The zero-order chi connectivity index (χ0) is 17.4. The van der Waals surface area contributed by atoms with Crippen molar-refractivity contribution in [2.45, 2.75) is 13.3 Å². The van der Waals surface area contributed by atoms with Gasteiger partial charge in [0.15, 0.2) is 0 Å². The van der Waals surface area contributed by atoms with E-state index in [1.54, 1.807) is 37.4 Å². The molecule has 2 aliphatic heterocycles. The molecule has 1 N–H and O–H groups in total. The number of H-pyrrole nitrogens is 1. The first-order valence-electron chi connectivity index (χ1n) is 7.97. The lowest BCUT2D eigenvalue weighted by atomic mass is 10.1. The SMILES string of the molecule is CCC(=O)Oc1ccc(-n2nc3c4ccccc4[nH]cc-3c2=O)cc1. The van der Waals surface area contributed by atoms with Crippen LogP contribution in [-0.4, -0.2) is 20.7 Å². The number of pyridine rings is 1. The van der Waals surface area contributed by atoms with E-state index in [1.807, 2.05) is 24.3 Å². The molecule has 2 heterocycles. The second-order valence-corrected chi connectivity index (χ2v) is 5.64. The van der Waals surface area contributed by atoms with Crippen LogP contribution in [0.3, 0.4) is 0 Å². The third-order valence-corrected chi connectivity index (χ3v) is 4.03. The van der Waals surface area contributed by atoms with Crippen molar-refractivity contribution in [3.8, 4) is 22.7 Å². The van der Waals surface area contributed by atoms with Gasteiger partial charge in [-0.25, -0.2) is 0 Å². The molecule has 4 rings (SSSR count). The van der Waals surface area contributed by atoms with Gasteiger partial charge in [-0.3, -0.25) is 9.59 Å². The molecule has 0 radical (unpaired) electrons. The van der Waals surface area contributed by atoms with Crippen molar-refractivity contribution in [3.05, 3.63) is 65.1 Å². The van der Waals surface area contributed by atoms with Gasteiger partial charge in [-0.2, -0.15) is 9.78 Å². The van der Waals surface area contributed by atoms with Crippen LogP contribution in [0.1, 0.15) is 13.3 Å². The maximum absolute atomic E-state index is 12.7. The van der Waals surface area contributed by atoms with E-state index in [0.29, 0.717) is 29.1 Å². The van der Waals surface area contributed by atoms with E-state index >= 15 is 0 Å². The number of aromatic amines is 1. The normalized spacial score (nSPS) is 11.1. The van der Waals surface area contributed by atoms with E-state index in [0.717, 1.165) is 10.9 Å².